The number of esters is 1. The molecule has 1 aromatic heterocycles. The molecule has 1 heterocycles. The van der Waals surface area contributed by atoms with E-state index in [0.29, 0.717) is 16.7 Å². The van der Waals surface area contributed by atoms with Crippen LogP contribution in [-0.2, 0) is 4.74 Å². The van der Waals surface area contributed by atoms with Crippen LogP contribution in [0.4, 0.5) is 5.69 Å². The number of hydrogen-bond acceptors (Lipinski definition) is 5. The Hall–Kier alpha value is -3.17. The van der Waals surface area contributed by atoms with E-state index in [-0.39, 0.29) is 23.7 Å². The largest absolute Gasteiger partial charge is 1.00 e. The third-order valence-corrected chi connectivity index (χ3v) is 3.76. The second-order valence-electron chi connectivity index (χ2n) is 5.01. The first-order valence-electron chi connectivity index (χ1n) is 7.19. The van der Waals surface area contributed by atoms with Gasteiger partial charge in [0.1, 0.15) is 16.7 Å². The number of diazo groups is 1. The third-order valence-electron chi connectivity index (χ3n) is 3.76. The maximum atomic E-state index is 12.1. The van der Waals surface area contributed by atoms with Crippen molar-refractivity contribution in [2.24, 2.45) is 0 Å². The fraction of sp³-hybridized carbons (Fsp3) is 0.111. The van der Waals surface area contributed by atoms with Crippen LogP contribution in [-0.4, -0.2) is 25.2 Å². The minimum absolute atomic E-state index is 0. The molecule has 0 amide bonds. The minimum atomic E-state index is -0.620. The van der Waals surface area contributed by atoms with Crippen molar-refractivity contribution in [2.75, 3.05) is 14.2 Å². The van der Waals surface area contributed by atoms with E-state index in [4.69, 9.17) is 9.47 Å². The number of hydrogen-bond donors (Lipinski definition) is 0. The number of halogens is 1. The summed E-state index contributed by atoms with van der Waals surface area (Å²) in [4.78, 5) is 19.7. The average molecular weight is 356 g/mol. The molecule has 126 valence electrons. The van der Waals surface area contributed by atoms with Crippen LogP contribution in [0.1, 0.15) is 10.4 Å². The van der Waals surface area contributed by atoms with Gasteiger partial charge in [0, 0.05) is 17.8 Å². The Morgan fingerprint density at radius 3 is 2.48 bits per heavy atom. The Balaban J connectivity index is 0.00000225. The Morgan fingerprint density at radius 2 is 1.88 bits per heavy atom. The molecule has 0 radical (unpaired) electrons. The quantitative estimate of drug-likeness (QED) is 0.521. The van der Waals surface area contributed by atoms with Crippen molar-refractivity contribution in [3.8, 4) is 16.9 Å². The maximum Gasteiger partial charge on any atom is 0.409 e. The summed E-state index contributed by atoms with van der Waals surface area (Å²) < 4.78 is 10.1. The van der Waals surface area contributed by atoms with E-state index in [1.165, 1.54) is 20.3 Å². The van der Waals surface area contributed by atoms with Gasteiger partial charge in [0.05, 0.1) is 14.2 Å². The van der Waals surface area contributed by atoms with E-state index < -0.39 is 5.97 Å². The molecule has 6 nitrogen and oxygen atoms in total. The highest BCUT2D eigenvalue weighted by molar-refractivity contribution is 6.13. The minimum Gasteiger partial charge on any atom is -1.00 e. The zero-order valence-electron chi connectivity index (χ0n) is 13.6. The molecule has 0 fully saturated rings. The lowest BCUT2D eigenvalue weighted by Crippen LogP contribution is -3.00. The zero-order valence-corrected chi connectivity index (χ0v) is 14.3. The molecule has 0 bridgehead atoms. The molecule has 2 aromatic carbocycles. The highest BCUT2D eigenvalue weighted by Crippen LogP contribution is 2.41. The number of benzene rings is 2. The van der Waals surface area contributed by atoms with E-state index in [0.717, 1.165) is 11.1 Å². The first-order chi connectivity index (χ1) is 11.7. The predicted octanol–water partition coefficient (Wildman–Crippen LogP) is 1.19. The fourth-order valence-electron chi connectivity index (χ4n) is 2.67. The van der Waals surface area contributed by atoms with Crippen LogP contribution < -0.4 is 17.1 Å². The average Bonchev–Trinajstić information content (AvgIpc) is 2.66. The molecule has 0 aliphatic heterocycles. The second kappa shape index (κ2) is 7.60. The van der Waals surface area contributed by atoms with Gasteiger partial charge in [-0.25, -0.2) is 4.79 Å². The molecule has 0 N–H and O–H groups in total. The highest BCUT2D eigenvalue weighted by atomic mass is 35.5. The normalized spacial score (nSPS) is 9.80. The molecule has 0 aliphatic carbocycles. The lowest BCUT2D eigenvalue weighted by Gasteiger charge is -2.09. The Labute approximate surface area is 150 Å². The van der Waals surface area contributed by atoms with Crippen LogP contribution >= 0.6 is 0 Å². The van der Waals surface area contributed by atoms with Crippen LogP contribution in [0.15, 0.2) is 48.7 Å². The summed E-state index contributed by atoms with van der Waals surface area (Å²) in [6, 6.07) is 12.8. The second-order valence-corrected chi connectivity index (χ2v) is 5.01. The zero-order chi connectivity index (χ0) is 17.1. The summed E-state index contributed by atoms with van der Waals surface area (Å²) in [6.07, 6.45) is 1.64. The number of nitrogens with zero attached hydrogens (tertiary/aromatic N) is 3. The monoisotopic (exact) mass is 355 g/mol. The van der Waals surface area contributed by atoms with Gasteiger partial charge in [-0.1, -0.05) is 30.3 Å². The number of carbonyl (C=O) groups is 1. The van der Waals surface area contributed by atoms with Crippen molar-refractivity contribution in [2.45, 2.75) is 0 Å². The molecule has 0 atom stereocenters. The number of aromatic nitrogens is 1. The third kappa shape index (κ3) is 3.10. The summed E-state index contributed by atoms with van der Waals surface area (Å²) in [6.45, 7) is 0. The molecular formula is C18H14ClN3O3. The number of rotatable bonds is 3. The van der Waals surface area contributed by atoms with Gasteiger partial charge in [-0.3, -0.25) is 4.98 Å². The summed E-state index contributed by atoms with van der Waals surface area (Å²) in [7, 11) is 2.75. The van der Waals surface area contributed by atoms with Crippen molar-refractivity contribution in [1.29, 1.82) is 5.39 Å². The molecule has 25 heavy (non-hydrogen) atoms. The Kier molecular flexibility index (Phi) is 5.52. The van der Waals surface area contributed by atoms with E-state index in [1.807, 2.05) is 30.3 Å². The number of carbonyl (C=O) groups excluding carboxylic acids is 1. The van der Waals surface area contributed by atoms with Crippen LogP contribution in [0.2, 0.25) is 0 Å². The molecule has 0 aliphatic rings. The molecule has 0 saturated carbocycles. The van der Waals surface area contributed by atoms with Crippen molar-refractivity contribution in [3.63, 3.8) is 0 Å². The number of methoxy groups -OCH3 is 2. The lowest BCUT2D eigenvalue weighted by atomic mass is 9.97. The van der Waals surface area contributed by atoms with Gasteiger partial charge >= 0.3 is 11.7 Å². The van der Waals surface area contributed by atoms with E-state index in [9.17, 15) is 10.2 Å². The molecular weight excluding hydrogens is 342 g/mol. The van der Waals surface area contributed by atoms with Gasteiger partial charge in [0.25, 0.3) is 0 Å². The lowest BCUT2D eigenvalue weighted by molar-refractivity contribution is -0.0000198. The Bertz CT molecular complexity index is 969. The predicted molar refractivity (Wildman–Crippen MR) is 89.8 cm³/mol. The van der Waals surface area contributed by atoms with Crippen LogP contribution in [0.25, 0.3) is 27.0 Å². The molecule has 3 rings (SSSR count). The van der Waals surface area contributed by atoms with Crippen LogP contribution in [0.5, 0.6) is 5.75 Å². The standard InChI is InChI=1S/C18H14N3O3.ClH/c1-23-14-10-13(18(22)24-2)16(21-19)15-12(8-9-20-17(14)15)11-6-4-3-5-7-11;/h3-10H,1-2H3;1H/q+1;/p-1. The SMILES string of the molecule is COC(=O)c1cc(OC)c2nccc(-c3ccccc3)c2c1[N+]#N.[Cl-]. The highest BCUT2D eigenvalue weighted by Gasteiger charge is 2.30. The van der Waals surface area contributed by atoms with Gasteiger partial charge in [0.2, 0.25) is 5.39 Å². The van der Waals surface area contributed by atoms with E-state index >= 15 is 0 Å². The molecule has 7 heteroatoms. The Morgan fingerprint density at radius 1 is 1.16 bits per heavy atom. The number of fused-ring (bicyclic) bond motifs is 1. The molecule has 3 aromatic rings. The first kappa shape index (κ1) is 18.2. The summed E-state index contributed by atoms with van der Waals surface area (Å²) in [5, 5.41) is 10.1. The topological polar surface area (TPSA) is 76.6 Å². The van der Waals surface area contributed by atoms with Gasteiger partial charge in [-0.15, -0.1) is 0 Å². The van der Waals surface area contributed by atoms with Crippen molar-refractivity contribution in [3.05, 3.63) is 59.2 Å². The molecule has 0 unspecified atom stereocenters. The number of ether oxygens (including phenoxy) is 2. The van der Waals surface area contributed by atoms with Crippen molar-refractivity contribution >= 4 is 22.6 Å². The van der Waals surface area contributed by atoms with Gasteiger partial charge in [-0.2, -0.15) is 0 Å². The van der Waals surface area contributed by atoms with Crippen LogP contribution in [0, 0.1) is 5.39 Å². The van der Waals surface area contributed by atoms with Gasteiger partial charge in [-0.05, 0) is 11.6 Å². The summed E-state index contributed by atoms with van der Waals surface area (Å²) >= 11 is 0. The smallest absolute Gasteiger partial charge is 0.409 e. The van der Waals surface area contributed by atoms with Gasteiger partial charge in [0.15, 0.2) is 10.5 Å². The number of pyridine rings is 1. The first-order valence-corrected chi connectivity index (χ1v) is 7.19. The maximum absolute atomic E-state index is 12.1. The summed E-state index contributed by atoms with van der Waals surface area (Å²) in [5.41, 5.74) is 2.38. The van der Waals surface area contributed by atoms with Crippen molar-refractivity contribution in [1.82, 2.24) is 4.98 Å². The molecule has 0 spiro atoms. The van der Waals surface area contributed by atoms with Crippen LogP contribution in [0.3, 0.4) is 0 Å². The molecule has 0 saturated heterocycles. The fourth-order valence-corrected chi connectivity index (χ4v) is 2.67. The van der Waals surface area contributed by atoms with Crippen molar-refractivity contribution < 1.29 is 26.7 Å². The van der Waals surface area contributed by atoms with Gasteiger partial charge < -0.3 is 21.9 Å². The van der Waals surface area contributed by atoms with E-state index in [2.05, 4.69) is 9.96 Å². The summed E-state index contributed by atoms with van der Waals surface area (Å²) in [5.74, 6) is -0.221. The van der Waals surface area contributed by atoms with E-state index in [1.54, 1.807) is 12.3 Å².